The van der Waals surface area contributed by atoms with Crippen LogP contribution in [0.2, 0.25) is 0 Å². The van der Waals surface area contributed by atoms with Gasteiger partial charge in [-0.25, -0.2) is 0 Å². The second kappa shape index (κ2) is 12.3. The first-order chi connectivity index (χ1) is 22.9. The number of benzene rings is 7. The highest BCUT2D eigenvalue weighted by Crippen LogP contribution is 2.38. The maximum Gasteiger partial charge on any atom is 0.277 e. The minimum absolute atomic E-state index is 0.103. The molecule has 0 bridgehead atoms. The molecule has 0 saturated heterocycles. The highest BCUT2D eigenvalue weighted by molar-refractivity contribution is 6.09. The molecule has 1 atom stereocenters. The van der Waals surface area contributed by atoms with E-state index in [1.54, 1.807) is 0 Å². The van der Waals surface area contributed by atoms with Crippen molar-refractivity contribution in [2.75, 3.05) is 0 Å². The number of hydrogen-bond donors (Lipinski definition) is 1. The molecular weight excluding hydrogens is 590 g/mol. The fourth-order valence-corrected chi connectivity index (χ4v) is 6.70. The van der Waals surface area contributed by atoms with Gasteiger partial charge in [0.25, 0.3) is 17.3 Å². The van der Waals surface area contributed by atoms with Crippen LogP contribution < -0.4 is 5.32 Å². The Morgan fingerprint density at radius 2 is 1.09 bits per heavy atom. The Hall–Kier alpha value is -6.15. The lowest BCUT2D eigenvalue weighted by Gasteiger charge is -2.28. The summed E-state index contributed by atoms with van der Waals surface area (Å²) in [7, 11) is 0. The number of fused-ring (bicyclic) bond motifs is 8. The summed E-state index contributed by atoms with van der Waals surface area (Å²) in [4.78, 5) is 34.0. The van der Waals surface area contributed by atoms with Crippen LogP contribution in [0.5, 0.6) is 0 Å². The number of nitrogens with zero attached hydrogens (tertiary/aromatic N) is 2. The summed E-state index contributed by atoms with van der Waals surface area (Å²) in [6.07, 6.45) is 2.49. The van der Waals surface area contributed by atoms with Crippen LogP contribution in [0.3, 0.4) is 0 Å². The molecule has 1 aliphatic carbocycles. The summed E-state index contributed by atoms with van der Waals surface area (Å²) in [5.74, 6) is -0.572. The molecule has 7 aromatic rings. The Labute approximate surface area is 269 Å². The van der Waals surface area contributed by atoms with Crippen molar-refractivity contribution in [3.63, 3.8) is 0 Å². The van der Waals surface area contributed by atoms with Gasteiger partial charge >= 0.3 is 0 Å². The number of rotatable bonds is 4. The number of aryl methyl sites for hydroxylation is 1. The first-order valence-corrected chi connectivity index (χ1v) is 15.4. The Bertz CT molecular complexity index is 2280. The van der Waals surface area contributed by atoms with Crippen molar-refractivity contribution in [2.45, 2.75) is 25.3 Å². The summed E-state index contributed by atoms with van der Waals surface area (Å²) >= 11 is 0. The molecular formula is C39H29N3O5. The number of nitrogens with one attached hydrogen (secondary N) is 1. The molecule has 7 aromatic carbocycles. The van der Waals surface area contributed by atoms with E-state index >= 15 is 0 Å². The SMILES string of the molecule is O=C(NC1CCCc2ccc3c(ccc4ccccc43)c21)c1cc([N+](=O)[O-])cc([N+](=O)[O-])c1.c1ccc2c(c1)ccc1ccccc12. The van der Waals surface area contributed by atoms with E-state index in [1.807, 2.05) is 12.1 Å². The van der Waals surface area contributed by atoms with Gasteiger partial charge in [0, 0.05) is 12.1 Å². The average Bonchev–Trinajstić information content (AvgIpc) is 3.11. The maximum atomic E-state index is 13.1. The molecule has 1 aliphatic rings. The molecule has 0 spiro atoms. The minimum Gasteiger partial charge on any atom is -0.345 e. The fourth-order valence-electron chi connectivity index (χ4n) is 6.70. The van der Waals surface area contributed by atoms with E-state index in [1.165, 1.54) is 21.5 Å². The summed E-state index contributed by atoms with van der Waals surface area (Å²) in [5.41, 5.74) is 1.11. The molecule has 0 aromatic heterocycles. The number of nitro benzene ring substituents is 2. The van der Waals surface area contributed by atoms with E-state index in [0.29, 0.717) is 6.42 Å². The average molecular weight is 620 g/mol. The third-order valence-corrected chi connectivity index (χ3v) is 8.89. The van der Waals surface area contributed by atoms with Crippen molar-refractivity contribution >= 4 is 60.4 Å². The predicted molar refractivity (Wildman–Crippen MR) is 186 cm³/mol. The second-order valence-electron chi connectivity index (χ2n) is 11.7. The lowest BCUT2D eigenvalue weighted by atomic mass is 9.83. The van der Waals surface area contributed by atoms with E-state index in [9.17, 15) is 25.0 Å². The highest BCUT2D eigenvalue weighted by Gasteiger charge is 2.27. The number of carbonyl (C=O) groups excluding carboxylic acids is 1. The van der Waals surface area contributed by atoms with Crippen LogP contribution in [-0.2, 0) is 6.42 Å². The van der Waals surface area contributed by atoms with E-state index in [2.05, 4.69) is 102 Å². The van der Waals surface area contributed by atoms with Crippen molar-refractivity contribution in [1.82, 2.24) is 5.32 Å². The van der Waals surface area contributed by atoms with Gasteiger partial charge in [-0.1, -0.05) is 109 Å². The van der Waals surface area contributed by atoms with Crippen LogP contribution in [0.25, 0.3) is 43.1 Å². The van der Waals surface area contributed by atoms with E-state index < -0.39 is 27.1 Å². The van der Waals surface area contributed by atoms with Crippen LogP contribution in [0, 0.1) is 20.2 Å². The van der Waals surface area contributed by atoms with Gasteiger partial charge < -0.3 is 5.32 Å². The molecule has 0 fully saturated rings. The topological polar surface area (TPSA) is 115 Å². The summed E-state index contributed by atoms with van der Waals surface area (Å²) < 4.78 is 0. The Balaban J connectivity index is 0.000000207. The molecule has 0 aliphatic heterocycles. The molecule has 8 nitrogen and oxygen atoms in total. The largest absolute Gasteiger partial charge is 0.345 e. The zero-order valence-corrected chi connectivity index (χ0v) is 25.3. The molecule has 1 unspecified atom stereocenters. The van der Waals surface area contributed by atoms with E-state index in [-0.39, 0.29) is 11.6 Å². The molecule has 0 radical (unpaired) electrons. The van der Waals surface area contributed by atoms with Gasteiger partial charge in [-0.15, -0.1) is 0 Å². The Kier molecular flexibility index (Phi) is 7.75. The molecule has 0 heterocycles. The van der Waals surface area contributed by atoms with Crippen molar-refractivity contribution < 1.29 is 14.6 Å². The summed E-state index contributed by atoms with van der Waals surface area (Å²) in [5, 5.41) is 35.1. The van der Waals surface area contributed by atoms with Crippen LogP contribution in [-0.4, -0.2) is 15.8 Å². The van der Waals surface area contributed by atoms with Crippen molar-refractivity contribution in [1.29, 1.82) is 0 Å². The fraction of sp³-hybridized carbons (Fsp3) is 0.103. The highest BCUT2D eigenvalue weighted by atomic mass is 16.6. The van der Waals surface area contributed by atoms with Crippen LogP contribution in [0.15, 0.2) is 127 Å². The molecule has 1 amide bonds. The predicted octanol–water partition coefficient (Wildman–Crippen LogP) is 9.61. The molecule has 230 valence electrons. The molecule has 8 heteroatoms. The first-order valence-electron chi connectivity index (χ1n) is 15.4. The zero-order chi connectivity index (χ0) is 32.5. The Morgan fingerprint density at radius 3 is 1.64 bits per heavy atom. The van der Waals surface area contributed by atoms with Crippen molar-refractivity contribution in [2.24, 2.45) is 0 Å². The summed E-state index contributed by atoms with van der Waals surface area (Å²) in [6, 6.07) is 40.5. The number of carbonyl (C=O) groups is 1. The van der Waals surface area contributed by atoms with Gasteiger partial charge in [-0.3, -0.25) is 25.0 Å². The number of nitro groups is 2. The van der Waals surface area contributed by atoms with Crippen molar-refractivity contribution in [3.05, 3.63) is 164 Å². The van der Waals surface area contributed by atoms with E-state index in [4.69, 9.17) is 0 Å². The minimum atomic E-state index is -0.738. The van der Waals surface area contributed by atoms with Gasteiger partial charge in [0.15, 0.2) is 0 Å². The Morgan fingerprint density at radius 1 is 0.596 bits per heavy atom. The normalized spacial score (nSPS) is 13.9. The quantitative estimate of drug-likeness (QED) is 0.120. The van der Waals surface area contributed by atoms with Crippen LogP contribution >= 0.6 is 0 Å². The number of hydrogen-bond acceptors (Lipinski definition) is 5. The van der Waals surface area contributed by atoms with Gasteiger partial charge in [0.2, 0.25) is 0 Å². The summed E-state index contributed by atoms with van der Waals surface area (Å²) in [6.45, 7) is 0. The molecule has 47 heavy (non-hydrogen) atoms. The number of amides is 1. The van der Waals surface area contributed by atoms with Gasteiger partial charge in [0.05, 0.1) is 27.5 Å². The molecule has 0 saturated carbocycles. The zero-order valence-electron chi connectivity index (χ0n) is 25.3. The van der Waals surface area contributed by atoms with E-state index in [0.717, 1.165) is 63.7 Å². The lowest BCUT2D eigenvalue weighted by molar-refractivity contribution is -0.394. The van der Waals surface area contributed by atoms with Crippen LogP contribution in [0.1, 0.15) is 40.4 Å². The smallest absolute Gasteiger partial charge is 0.277 e. The third kappa shape index (κ3) is 5.73. The molecule has 8 rings (SSSR count). The van der Waals surface area contributed by atoms with Gasteiger partial charge in [-0.05, 0) is 73.5 Å². The second-order valence-corrected chi connectivity index (χ2v) is 11.7. The van der Waals surface area contributed by atoms with Gasteiger partial charge in [-0.2, -0.15) is 0 Å². The van der Waals surface area contributed by atoms with Crippen molar-refractivity contribution in [3.8, 4) is 0 Å². The number of non-ortho nitro benzene ring substituents is 2. The monoisotopic (exact) mass is 619 g/mol. The molecule has 1 N–H and O–H groups in total. The third-order valence-electron chi connectivity index (χ3n) is 8.89. The van der Waals surface area contributed by atoms with Gasteiger partial charge in [0.1, 0.15) is 0 Å². The standard InChI is InChI=1S/C25H19N3O5.C14H10/c29-25(17-12-18(27(30)31)14-19(13-17)28(32)33)26-23-7-3-5-16-9-10-21-20-6-2-1-4-15(20)8-11-22(21)24(16)23;1-3-7-13-11(5-1)9-10-12-6-2-4-8-14(12)13/h1-2,4,6,8-14,23H,3,5,7H2,(H,26,29);1-10H. The van der Waals surface area contributed by atoms with Crippen LogP contribution in [0.4, 0.5) is 11.4 Å². The first kappa shape index (κ1) is 29.6. The maximum absolute atomic E-state index is 13.1. The lowest BCUT2D eigenvalue weighted by Crippen LogP contribution is -2.31.